The van der Waals surface area contributed by atoms with Gasteiger partial charge in [-0.05, 0) is 66.8 Å². The number of hydrogen-bond donors (Lipinski definition) is 1. The molecule has 1 amide bonds. The summed E-state index contributed by atoms with van der Waals surface area (Å²) < 4.78 is 45.0. The summed E-state index contributed by atoms with van der Waals surface area (Å²) in [6.45, 7) is 0.419. The Labute approximate surface area is 210 Å². The van der Waals surface area contributed by atoms with Crippen molar-refractivity contribution in [2.45, 2.75) is 30.2 Å². The number of nitrogens with zero attached hydrogens (tertiary/aromatic N) is 1. The van der Waals surface area contributed by atoms with Crippen LogP contribution in [0.15, 0.2) is 71.6 Å². The fraction of sp³-hybridized carbons (Fsp3) is 0.296. The maximum Gasteiger partial charge on any atom is 0.264 e. The number of methoxy groups -OCH3 is 1. The van der Waals surface area contributed by atoms with Gasteiger partial charge in [-0.25, -0.2) is 8.42 Å². The van der Waals surface area contributed by atoms with Crippen LogP contribution in [0.2, 0.25) is 0 Å². The molecule has 0 spiro atoms. The van der Waals surface area contributed by atoms with Crippen LogP contribution in [0.4, 0.5) is 5.69 Å². The molecule has 36 heavy (non-hydrogen) atoms. The number of anilines is 1. The topological polar surface area (TPSA) is 94.2 Å². The van der Waals surface area contributed by atoms with Crippen molar-refractivity contribution < 1.29 is 27.4 Å². The highest BCUT2D eigenvalue weighted by atomic mass is 32.2. The molecule has 0 fully saturated rings. The van der Waals surface area contributed by atoms with Crippen molar-refractivity contribution in [1.29, 1.82) is 0 Å². The molecule has 0 bridgehead atoms. The summed E-state index contributed by atoms with van der Waals surface area (Å²) in [7, 11) is -2.40. The van der Waals surface area contributed by atoms with Crippen molar-refractivity contribution >= 4 is 21.6 Å². The van der Waals surface area contributed by atoms with Crippen LogP contribution < -0.4 is 23.8 Å². The minimum Gasteiger partial charge on any atom is -0.497 e. The van der Waals surface area contributed by atoms with E-state index in [9.17, 15) is 13.2 Å². The second-order valence-corrected chi connectivity index (χ2v) is 10.6. The van der Waals surface area contributed by atoms with Gasteiger partial charge >= 0.3 is 0 Å². The molecule has 0 saturated heterocycles. The molecule has 1 aliphatic carbocycles. The van der Waals surface area contributed by atoms with Crippen molar-refractivity contribution in [3.05, 3.63) is 77.9 Å². The average Bonchev–Trinajstić information content (AvgIpc) is 2.91. The molecule has 9 heteroatoms. The van der Waals surface area contributed by atoms with Crippen LogP contribution in [0.5, 0.6) is 17.2 Å². The van der Waals surface area contributed by atoms with E-state index in [1.54, 1.807) is 43.5 Å². The molecule has 3 aromatic rings. The fourth-order valence-corrected chi connectivity index (χ4v) is 6.09. The Balaban J connectivity index is 1.44. The van der Waals surface area contributed by atoms with Gasteiger partial charge in [0.25, 0.3) is 10.0 Å². The third kappa shape index (κ3) is 4.83. The van der Waals surface area contributed by atoms with Gasteiger partial charge in [0.15, 0.2) is 11.5 Å². The smallest absolute Gasteiger partial charge is 0.264 e. The van der Waals surface area contributed by atoms with E-state index in [0.29, 0.717) is 30.4 Å². The normalized spacial score (nSPS) is 16.5. The molecule has 1 unspecified atom stereocenters. The molecule has 1 heterocycles. The van der Waals surface area contributed by atoms with Gasteiger partial charge in [0.1, 0.15) is 25.5 Å². The molecule has 2 aliphatic rings. The first-order chi connectivity index (χ1) is 17.5. The van der Waals surface area contributed by atoms with Crippen molar-refractivity contribution in [3.8, 4) is 17.2 Å². The number of hydrogen-bond acceptors (Lipinski definition) is 6. The molecule has 188 valence electrons. The molecule has 5 rings (SSSR count). The average molecular weight is 509 g/mol. The highest BCUT2D eigenvalue weighted by molar-refractivity contribution is 7.92. The zero-order chi connectivity index (χ0) is 25.1. The highest BCUT2D eigenvalue weighted by Crippen LogP contribution is 2.36. The standard InChI is InChI=1S/C27H28N2O6S/c1-33-21-11-12-23-19(16-21)6-5-9-24(23)28-27(30)18-29(36(31,32)22-7-3-2-4-8-22)20-10-13-25-26(17-20)35-15-14-34-25/h2-4,7-8,10-13,16-17,24H,5-6,9,14-15,18H2,1H3,(H,28,30). The SMILES string of the molecule is COc1ccc2c(c1)CCCC2NC(=O)CN(c1ccc2c(c1)OCCO2)S(=O)(=O)c1ccccc1. The lowest BCUT2D eigenvalue weighted by Gasteiger charge is -2.29. The number of amides is 1. The van der Waals surface area contributed by atoms with Gasteiger partial charge < -0.3 is 19.5 Å². The predicted octanol–water partition coefficient (Wildman–Crippen LogP) is 3.86. The third-order valence-electron chi connectivity index (χ3n) is 6.43. The van der Waals surface area contributed by atoms with Gasteiger partial charge in [-0.15, -0.1) is 0 Å². The first-order valence-corrected chi connectivity index (χ1v) is 13.3. The lowest BCUT2D eigenvalue weighted by molar-refractivity contribution is -0.120. The predicted molar refractivity (Wildman–Crippen MR) is 135 cm³/mol. The largest absolute Gasteiger partial charge is 0.497 e. The highest BCUT2D eigenvalue weighted by Gasteiger charge is 2.30. The van der Waals surface area contributed by atoms with Gasteiger partial charge in [-0.1, -0.05) is 24.3 Å². The summed E-state index contributed by atoms with van der Waals surface area (Å²) in [4.78, 5) is 13.4. The van der Waals surface area contributed by atoms with Crippen LogP contribution in [0.25, 0.3) is 0 Å². The summed E-state index contributed by atoms with van der Waals surface area (Å²) in [5.74, 6) is 1.38. The van der Waals surface area contributed by atoms with Gasteiger partial charge in [0.05, 0.1) is 23.7 Å². The van der Waals surface area contributed by atoms with Gasteiger partial charge in [-0.2, -0.15) is 0 Å². The van der Waals surface area contributed by atoms with E-state index in [0.717, 1.165) is 40.4 Å². The number of benzene rings is 3. The molecule has 8 nitrogen and oxygen atoms in total. The van der Waals surface area contributed by atoms with Crippen LogP contribution in [-0.2, 0) is 21.2 Å². The summed E-state index contributed by atoms with van der Waals surface area (Å²) in [5.41, 5.74) is 2.49. The number of sulfonamides is 1. The zero-order valence-electron chi connectivity index (χ0n) is 20.0. The lowest BCUT2D eigenvalue weighted by atomic mass is 9.87. The van der Waals surface area contributed by atoms with E-state index in [1.807, 2.05) is 18.2 Å². The molecule has 0 saturated carbocycles. The fourth-order valence-electron chi connectivity index (χ4n) is 4.66. The van der Waals surface area contributed by atoms with Crippen molar-refractivity contribution in [3.63, 3.8) is 0 Å². The number of carbonyl (C=O) groups excluding carboxylic acids is 1. The van der Waals surface area contributed by atoms with E-state index in [-0.39, 0.29) is 17.5 Å². The summed E-state index contributed by atoms with van der Waals surface area (Å²) in [6, 6.07) is 18.6. The first kappa shape index (κ1) is 24.0. The Morgan fingerprint density at radius 3 is 2.58 bits per heavy atom. The molecule has 3 aromatic carbocycles. The third-order valence-corrected chi connectivity index (χ3v) is 8.22. The summed E-state index contributed by atoms with van der Waals surface area (Å²) in [6.07, 6.45) is 2.60. The van der Waals surface area contributed by atoms with Crippen molar-refractivity contribution in [2.24, 2.45) is 0 Å². The van der Waals surface area contributed by atoms with Crippen LogP contribution >= 0.6 is 0 Å². The molecule has 0 radical (unpaired) electrons. The van der Waals surface area contributed by atoms with Gasteiger partial charge in [-0.3, -0.25) is 9.10 Å². The van der Waals surface area contributed by atoms with E-state index in [2.05, 4.69) is 5.32 Å². The number of ether oxygens (including phenoxy) is 3. The summed E-state index contributed by atoms with van der Waals surface area (Å²) in [5, 5.41) is 3.06. The van der Waals surface area contributed by atoms with Crippen molar-refractivity contribution in [1.82, 2.24) is 5.32 Å². The number of aryl methyl sites for hydroxylation is 1. The Morgan fingerprint density at radius 1 is 1.03 bits per heavy atom. The van der Waals surface area contributed by atoms with Crippen LogP contribution in [0, 0.1) is 0 Å². The molecule has 1 N–H and O–H groups in total. The second kappa shape index (κ2) is 10.1. The second-order valence-electron chi connectivity index (χ2n) is 8.73. The lowest BCUT2D eigenvalue weighted by Crippen LogP contribution is -2.42. The number of rotatable bonds is 7. The Bertz CT molecular complexity index is 1360. The number of nitrogens with one attached hydrogen (secondary N) is 1. The maximum absolute atomic E-state index is 13.7. The van der Waals surface area contributed by atoms with Gasteiger partial charge in [0.2, 0.25) is 5.91 Å². The minimum absolute atomic E-state index is 0.0998. The maximum atomic E-state index is 13.7. The zero-order valence-corrected chi connectivity index (χ0v) is 20.8. The Morgan fingerprint density at radius 2 is 1.81 bits per heavy atom. The monoisotopic (exact) mass is 508 g/mol. The molecular weight excluding hydrogens is 480 g/mol. The van der Waals surface area contributed by atoms with Crippen LogP contribution in [0.3, 0.4) is 0 Å². The van der Waals surface area contributed by atoms with E-state index in [4.69, 9.17) is 14.2 Å². The molecule has 1 atom stereocenters. The molecule has 1 aliphatic heterocycles. The molecule has 0 aromatic heterocycles. The molecular formula is C27H28N2O6S. The van der Waals surface area contributed by atoms with Crippen LogP contribution in [-0.4, -0.2) is 41.2 Å². The van der Waals surface area contributed by atoms with Crippen LogP contribution in [0.1, 0.15) is 30.0 Å². The number of carbonyl (C=O) groups is 1. The van der Waals surface area contributed by atoms with E-state index < -0.39 is 15.9 Å². The Hall–Kier alpha value is -3.72. The minimum atomic E-state index is -4.03. The summed E-state index contributed by atoms with van der Waals surface area (Å²) >= 11 is 0. The van der Waals surface area contributed by atoms with Gasteiger partial charge in [0, 0.05) is 6.07 Å². The van der Waals surface area contributed by atoms with E-state index >= 15 is 0 Å². The Kier molecular flexibility index (Phi) is 6.73. The quantitative estimate of drug-likeness (QED) is 0.521. The first-order valence-electron chi connectivity index (χ1n) is 11.9. The van der Waals surface area contributed by atoms with E-state index in [1.165, 1.54) is 12.1 Å². The number of fused-ring (bicyclic) bond motifs is 2. The van der Waals surface area contributed by atoms with Crippen molar-refractivity contribution in [2.75, 3.05) is 31.2 Å².